The zero-order valence-electron chi connectivity index (χ0n) is 12.9. The molecule has 0 saturated heterocycles. The summed E-state index contributed by atoms with van der Waals surface area (Å²) in [5.74, 6) is 0.796. The van der Waals surface area contributed by atoms with Crippen molar-refractivity contribution in [2.45, 2.75) is 13.3 Å². The van der Waals surface area contributed by atoms with Gasteiger partial charge in [-0.15, -0.1) is 0 Å². The molecular weight excluding hydrogens is 337 g/mol. The minimum Gasteiger partial charge on any atom is -0.493 e. The van der Waals surface area contributed by atoms with Gasteiger partial charge in [-0.05, 0) is 36.8 Å². The van der Waals surface area contributed by atoms with Crippen molar-refractivity contribution < 1.29 is 14.3 Å². The Balaban J connectivity index is 2.20. The third kappa shape index (κ3) is 4.30. The van der Waals surface area contributed by atoms with E-state index in [4.69, 9.17) is 32.7 Å². The maximum absolute atomic E-state index is 12.4. The Morgan fingerprint density at radius 2 is 1.96 bits per heavy atom. The molecule has 0 bridgehead atoms. The fourth-order valence-corrected chi connectivity index (χ4v) is 2.28. The van der Waals surface area contributed by atoms with Gasteiger partial charge in [0.15, 0.2) is 11.5 Å². The first-order chi connectivity index (χ1) is 11.1. The van der Waals surface area contributed by atoms with Crippen molar-refractivity contribution >= 4 is 34.8 Å². The van der Waals surface area contributed by atoms with Crippen molar-refractivity contribution in [2.75, 3.05) is 19.0 Å². The Labute approximate surface area is 145 Å². The first-order valence-electron chi connectivity index (χ1n) is 7.13. The van der Waals surface area contributed by atoms with Crippen molar-refractivity contribution in [1.82, 2.24) is 0 Å². The van der Waals surface area contributed by atoms with Crippen molar-refractivity contribution in [3.05, 3.63) is 52.0 Å². The maximum atomic E-state index is 12.4. The maximum Gasteiger partial charge on any atom is 0.255 e. The summed E-state index contributed by atoms with van der Waals surface area (Å²) in [6, 6.07) is 10.1. The van der Waals surface area contributed by atoms with Gasteiger partial charge in [0.05, 0.1) is 29.4 Å². The number of halogens is 2. The van der Waals surface area contributed by atoms with E-state index >= 15 is 0 Å². The Morgan fingerprint density at radius 1 is 1.17 bits per heavy atom. The first-order valence-corrected chi connectivity index (χ1v) is 7.88. The van der Waals surface area contributed by atoms with Gasteiger partial charge in [-0.2, -0.15) is 0 Å². The van der Waals surface area contributed by atoms with E-state index in [0.29, 0.717) is 39.4 Å². The molecule has 2 rings (SSSR count). The highest BCUT2D eigenvalue weighted by Crippen LogP contribution is 2.31. The Morgan fingerprint density at radius 3 is 2.65 bits per heavy atom. The van der Waals surface area contributed by atoms with Crippen LogP contribution in [0.4, 0.5) is 5.69 Å². The summed E-state index contributed by atoms with van der Waals surface area (Å²) < 4.78 is 10.8. The van der Waals surface area contributed by atoms with Crippen molar-refractivity contribution in [1.29, 1.82) is 0 Å². The minimum atomic E-state index is -0.311. The largest absolute Gasteiger partial charge is 0.493 e. The molecule has 23 heavy (non-hydrogen) atoms. The van der Waals surface area contributed by atoms with Crippen molar-refractivity contribution in [2.24, 2.45) is 0 Å². The van der Waals surface area contributed by atoms with E-state index in [1.54, 1.807) is 36.4 Å². The number of amides is 1. The summed E-state index contributed by atoms with van der Waals surface area (Å²) in [5, 5.41) is 3.41. The van der Waals surface area contributed by atoms with E-state index in [9.17, 15) is 4.79 Å². The molecule has 0 atom stereocenters. The predicted octanol–water partition coefficient (Wildman–Crippen LogP) is 5.04. The molecule has 0 aliphatic rings. The Hall–Kier alpha value is -1.91. The third-order valence-corrected chi connectivity index (χ3v) is 3.91. The van der Waals surface area contributed by atoms with Gasteiger partial charge in [0.1, 0.15) is 0 Å². The number of benzene rings is 2. The lowest BCUT2D eigenvalue weighted by molar-refractivity contribution is 0.102. The third-order valence-electron chi connectivity index (χ3n) is 3.09. The highest BCUT2D eigenvalue weighted by molar-refractivity contribution is 6.44. The number of methoxy groups -OCH3 is 1. The monoisotopic (exact) mass is 353 g/mol. The second-order valence-electron chi connectivity index (χ2n) is 4.77. The number of hydrogen-bond acceptors (Lipinski definition) is 3. The molecule has 1 N–H and O–H groups in total. The van der Waals surface area contributed by atoms with Crippen LogP contribution in [-0.2, 0) is 0 Å². The van der Waals surface area contributed by atoms with Crippen LogP contribution in [0, 0.1) is 0 Å². The van der Waals surface area contributed by atoms with E-state index in [1.807, 2.05) is 6.92 Å². The first kappa shape index (κ1) is 17.4. The van der Waals surface area contributed by atoms with E-state index in [0.717, 1.165) is 6.42 Å². The number of rotatable bonds is 6. The molecule has 0 saturated carbocycles. The number of carbonyl (C=O) groups is 1. The molecule has 2 aromatic carbocycles. The lowest BCUT2D eigenvalue weighted by Gasteiger charge is -2.12. The molecule has 122 valence electrons. The van der Waals surface area contributed by atoms with Crippen LogP contribution in [0.25, 0.3) is 0 Å². The van der Waals surface area contributed by atoms with E-state index in [1.165, 1.54) is 7.11 Å². The SMILES string of the molecule is CCCOc1ccc(C(=O)Nc2cccc(Cl)c2Cl)cc1OC. The zero-order valence-corrected chi connectivity index (χ0v) is 14.4. The quantitative estimate of drug-likeness (QED) is 0.790. The topological polar surface area (TPSA) is 47.6 Å². The summed E-state index contributed by atoms with van der Waals surface area (Å²) in [6.45, 7) is 2.60. The fourth-order valence-electron chi connectivity index (χ4n) is 1.93. The molecule has 0 aromatic heterocycles. The van der Waals surface area contributed by atoms with Gasteiger partial charge >= 0.3 is 0 Å². The number of nitrogens with one attached hydrogen (secondary N) is 1. The fraction of sp³-hybridized carbons (Fsp3) is 0.235. The van der Waals surface area contributed by atoms with Crippen LogP contribution in [0.15, 0.2) is 36.4 Å². The number of carbonyl (C=O) groups excluding carboxylic acids is 1. The van der Waals surface area contributed by atoms with Crippen molar-refractivity contribution in [3.63, 3.8) is 0 Å². The second-order valence-corrected chi connectivity index (χ2v) is 5.55. The highest BCUT2D eigenvalue weighted by Gasteiger charge is 2.13. The van der Waals surface area contributed by atoms with Crippen LogP contribution in [0.5, 0.6) is 11.5 Å². The molecule has 0 radical (unpaired) electrons. The summed E-state index contributed by atoms with van der Waals surface area (Å²) >= 11 is 12.0. The van der Waals surface area contributed by atoms with Gasteiger partial charge in [-0.1, -0.05) is 36.2 Å². The molecule has 0 aliphatic heterocycles. The molecule has 0 heterocycles. The van der Waals surface area contributed by atoms with Gasteiger partial charge < -0.3 is 14.8 Å². The average molecular weight is 354 g/mol. The number of ether oxygens (including phenoxy) is 2. The van der Waals surface area contributed by atoms with Crippen LogP contribution >= 0.6 is 23.2 Å². The number of anilines is 1. The Kier molecular flexibility index (Phi) is 6.13. The summed E-state index contributed by atoms with van der Waals surface area (Å²) in [6.07, 6.45) is 0.888. The normalized spacial score (nSPS) is 10.3. The molecule has 0 unspecified atom stereocenters. The van der Waals surface area contributed by atoms with Crippen molar-refractivity contribution in [3.8, 4) is 11.5 Å². The van der Waals surface area contributed by atoms with E-state index in [-0.39, 0.29) is 5.91 Å². The lowest BCUT2D eigenvalue weighted by atomic mass is 10.2. The number of hydrogen-bond donors (Lipinski definition) is 1. The minimum absolute atomic E-state index is 0.303. The summed E-state index contributed by atoms with van der Waals surface area (Å²) in [4.78, 5) is 12.4. The Bertz CT molecular complexity index is 704. The summed E-state index contributed by atoms with van der Waals surface area (Å²) in [7, 11) is 1.53. The smallest absolute Gasteiger partial charge is 0.255 e. The lowest BCUT2D eigenvalue weighted by Crippen LogP contribution is -2.12. The van der Waals surface area contributed by atoms with Crippen LogP contribution in [0.3, 0.4) is 0 Å². The molecule has 0 aliphatic carbocycles. The van der Waals surface area contributed by atoms with Crippen LogP contribution < -0.4 is 14.8 Å². The van der Waals surface area contributed by atoms with Crippen LogP contribution in [-0.4, -0.2) is 19.6 Å². The molecular formula is C17H17Cl2NO3. The van der Waals surface area contributed by atoms with Crippen LogP contribution in [0.2, 0.25) is 10.0 Å². The van der Waals surface area contributed by atoms with Gasteiger partial charge in [-0.25, -0.2) is 0 Å². The van der Waals surface area contributed by atoms with Crippen LogP contribution in [0.1, 0.15) is 23.7 Å². The van der Waals surface area contributed by atoms with E-state index in [2.05, 4.69) is 5.32 Å². The molecule has 0 spiro atoms. The highest BCUT2D eigenvalue weighted by atomic mass is 35.5. The average Bonchev–Trinajstić information content (AvgIpc) is 2.56. The molecule has 0 fully saturated rings. The molecule has 2 aromatic rings. The molecule has 6 heteroatoms. The summed E-state index contributed by atoms with van der Waals surface area (Å²) in [5.41, 5.74) is 0.885. The van der Waals surface area contributed by atoms with Gasteiger partial charge in [0.25, 0.3) is 5.91 Å². The molecule has 4 nitrogen and oxygen atoms in total. The van der Waals surface area contributed by atoms with Gasteiger partial charge in [0, 0.05) is 5.56 Å². The predicted molar refractivity (Wildman–Crippen MR) is 93.2 cm³/mol. The van der Waals surface area contributed by atoms with Gasteiger partial charge in [0.2, 0.25) is 0 Å². The standard InChI is InChI=1S/C17H17Cl2NO3/c1-3-9-23-14-8-7-11(10-15(14)22-2)17(21)20-13-6-4-5-12(18)16(13)19/h4-8,10H,3,9H2,1-2H3,(H,20,21). The molecule has 1 amide bonds. The van der Waals surface area contributed by atoms with E-state index < -0.39 is 0 Å². The zero-order chi connectivity index (χ0) is 16.8. The van der Waals surface area contributed by atoms with Gasteiger partial charge in [-0.3, -0.25) is 4.79 Å². The second kappa shape index (κ2) is 8.09.